The minimum absolute atomic E-state index is 0.153. The van der Waals surface area contributed by atoms with Gasteiger partial charge in [0.2, 0.25) is 0 Å². The zero-order valence-corrected chi connectivity index (χ0v) is 13.2. The van der Waals surface area contributed by atoms with Crippen LogP contribution in [-0.2, 0) is 0 Å². The van der Waals surface area contributed by atoms with Crippen LogP contribution >= 0.6 is 11.8 Å². The number of hydrogen-bond donors (Lipinski definition) is 1. The van der Waals surface area contributed by atoms with Crippen LogP contribution in [0.15, 0.2) is 29.2 Å². The van der Waals surface area contributed by atoms with Gasteiger partial charge in [-0.1, -0.05) is 0 Å². The molecule has 1 aliphatic carbocycles. The summed E-state index contributed by atoms with van der Waals surface area (Å²) in [7, 11) is 0. The summed E-state index contributed by atoms with van der Waals surface area (Å²) in [5.41, 5.74) is 6.74. The summed E-state index contributed by atoms with van der Waals surface area (Å²) in [6, 6.07) is 8.58. The van der Waals surface area contributed by atoms with Gasteiger partial charge in [0.15, 0.2) is 0 Å². The number of carbonyl (C=O) groups is 1. The van der Waals surface area contributed by atoms with Crippen molar-refractivity contribution >= 4 is 17.7 Å². The first-order chi connectivity index (χ1) is 9.65. The lowest BCUT2D eigenvalue weighted by Gasteiger charge is -2.35. The van der Waals surface area contributed by atoms with E-state index in [0.29, 0.717) is 12.1 Å². The SMILES string of the molecule is CCN(C(=O)c1ccc(SC)cc1)C1CCC(N)CC1. The van der Waals surface area contributed by atoms with Gasteiger partial charge in [0.1, 0.15) is 0 Å². The molecule has 110 valence electrons. The Morgan fingerprint density at radius 3 is 2.35 bits per heavy atom. The summed E-state index contributed by atoms with van der Waals surface area (Å²) in [5, 5.41) is 0. The second-order valence-electron chi connectivity index (χ2n) is 5.39. The molecule has 1 aliphatic rings. The maximum Gasteiger partial charge on any atom is 0.254 e. The van der Waals surface area contributed by atoms with Gasteiger partial charge in [0.05, 0.1) is 0 Å². The van der Waals surface area contributed by atoms with Crippen LogP contribution in [0.2, 0.25) is 0 Å². The number of thioether (sulfide) groups is 1. The van der Waals surface area contributed by atoms with E-state index in [0.717, 1.165) is 37.8 Å². The second kappa shape index (κ2) is 7.14. The van der Waals surface area contributed by atoms with E-state index in [4.69, 9.17) is 5.73 Å². The van der Waals surface area contributed by atoms with Crippen molar-refractivity contribution in [2.45, 2.75) is 49.6 Å². The lowest BCUT2D eigenvalue weighted by atomic mass is 9.90. The van der Waals surface area contributed by atoms with Crippen LogP contribution in [-0.4, -0.2) is 35.7 Å². The van der Waals surface area contributed by atoms with Crippen LogP contribution in [0.5, 0.6) is 0 Å². The summed E-state index contributed by atoms with van der Waals surface area (Å²) < 4.78 is 0. The Bertz CT molecular complexity index is 438. The number of rotatable bonds is 4. The van der Waals surface area contributed by atoms with E-state index >= 15 is 0 Å². The normalized spacial score (nSPS) is 22.6. The van der Waals surface area contributed by atoms with Crippen LogP contribution in [0, 0.1) is 0 Å². The summed E-state index contributed by atoms with van der Waals surface area (Å²) in [5.74, 6) is 0.153. The number of carbonyl (C=O) groups excluding carboxylic acids is 1. The molecule has 0 aliphatic heterocycles. The third kappa shape index (κ3) is 3.55. The minimum atomic E-state index is 0.153. The molecule has 0 bridgehead atoms. The number of nitrogens with two attached hydrogens (primary N) is 1. The molecule has 4 heteroatoms. The first-order valence-corrected chi connectivity index (χ1v) is 8.58. The van der Waals surface area contributed by atoms with Gasteiger partial charge in [-0.3, -0.25) is 4.79 Å². The molecule has 1 aromatic rings. The molecule has 0 heterocycles. The van der Waals surface area contributed by atoms with E-state index in [9.17, 15) is 4.79 Å². The molecule has 0 saturated heterocycles. The summed E-state index contributed by atoms with van der Waals surface area (Å²) >= 11 is 1.69. The van der Waals surface area contributed by atoms with Crippen molar-refractivity contribution in [1.82, 2.24) is 4.90 Å². The molecule has 2 N–H and O–H groups in total. The Balaban J connectivity index is 2.07. The fraction of sp³-hybridized carbons (Fsp3) is 0.562. The van der Waals surface area contributed by atoms with Gasteiger partial charge in [0.25, 0.3) is 5.91 Å². The van der Waals surface area contributed by atoms with Gasteiger partial charge in [-0.15, -0.1) is 11.8 Å². The highest BCUT2D eigenvalue weighted by Gasteiger charge is 2.27. The smallest absolute Gasteiger partial charge is 0.254 e. The minimum Gasteiger partial charge on any atom is -0.336 e. The zero-order valence-electron chi connectivity index (χ0n) is 12.3. The molecule has 1 aromatic carbocycles. The Kier molecular flexibility index (Phi) is 5.49. The highest BCUT2D eigenvalue weighted by Crippen LogP contribution is 2.24. The summed E-state index contributed by atoms with van der Waals surface area (Å²) in [4.78, 5) is 15.8. The Morgan fingerprint density at radius 2 is 1.85 bits per heavy atom. The van der Waals surface area contributed by atoms with E-state index in [1.165, 1.54) is 4.90 Å². The van der Waals surface area contributed by atoms with Gasteiger partial charge < -0.3 is 10.6 Å². The molecule has 20 heavy (non-hydrogen) atoms. The van der Waals surface area contributed by atoms with Gasteiger partial charge in [-0.25, -0.2) is 0 Å². The lowest BCUT2D eigenvalue weighted by Crippen LogP contribution is -2.44. The molecular weight excluding hydrogens is 268 g/mol. The van der Waals surface area contributed by atoms with Crippen LogP contribution in [0.25, 0.3) is 0 Å². The van der Waals surface area contributed by atoms with Crippen molar-refractivity contribution < 1.29 is 4.79 Å². The van der Waals surface area contributed by atoms with Gasteiger partial charge in [-0.05, 0) is 63.1 Å². The van der Waals surface area contributed by atoms with E-state index in [2.05, 4.69) is 6.92 Å². The average Bonchev–Trinajstić information content (AvgIpc) is 2.50. The third-order valence-electron chi connectivity index (χ3n) is 4.12. The highest BCUT2D eigenvalue weighted by molar-refractivity contribution is 7.98. The predicted molar refractivity (Wildman–Crippen MR) is 85.2 cm³/mol. The number of nitrogens with zero attached hydrogens (tertiary/aromatic N) is 1. The monoisotopic (exact) mass is 292 g/mol. The average molecular weight is 292 g/mol. The molecule has 1 amide bonds. The molecule has 2 rings (SSSR count). The van der Waals surface area contributed by atoms with Crippen LogP contribution in [0.1, 0.15) is 43.0 Å². The van der Waals surface area contributed by atoms with Gasteiger partial charge in [0, 0.05) is 29.1 Å². The molecule has 1 saturated carbocycles. The number of amides is 1. The predicted octanol–water partition coefficient (Wildman–Crippen LogP) is 3.14. The second-order valence-corrected chi connectivity index (χ2v) is 6.27. The van der Waals surface area contributed by atoms with E-state index in [1.54, 1.807) is 11.8 Å². The Hall–Kier alpha value is -1.00. The fourth-order valence-electron chi connectivity index (χ4n) is 2.88. The largest absolute Gasteiger partial charge is 0.336 e. The maximum atomic E-state index is 12.6. The van der Waals surface area contributed by atoms with Crippen molar-refractivity contribution in [2.24, 2.45) is 5.73 Å². The summed E-state index contributed by atoms with van der Waals surface area (Å²) in [6.07, 6.45) is 6.16. The number of hydrogen-bond acceptors (Lipinski definition) is 3. The van der Waals surface area contributed by atoms with E-state index in [-0.39, 0.29) is 5.91 Å². The van der Waals surface area contributed by atoms with E-state index < -0.39 is 0 Å². The highest BCUT2D eigenvalue weighted by atomic mass is 32.2. The van der Waals surface area contributed by atoms with Crippen LogP contribution in [0.4, 0.5) is 0 Å². The topological polar surface area (TPSA) is 46.3 Å². The van der Waals surface area contributed by atoms with Crippen molar-refractivity contribution in [3.63, 3.8) is 0 Å². The first-order valence-electron chi connectivity index (χ1n) is 7.36. The first kappa shape index (κ1) is 15.4. The molecule has 1 fully saturated rings. The van der Waals surface area contributed by atoms with Crippen molar-refractivity contribution in [2.75, 3.05) is 12.8 Å². The molecule has 0 radical (unpaired) electrons. The number of benzene rings is 1. The fourth-order valence-corrected chi connectivity index (χ4v) is 3.29. The summed E-state index contributed by atoms with van der Waals surface area (Å²) in [6.45, 7) is 2.83. The Labute approximate surface area is 125 Å². The molecule has 0 atom stereocenters. The van der Waals surface area contributed by atoms with Crippen molar-refractivity contribution in [3.05, 3.63) is 29.8 Å². The molecular formula is C16H24N2OS. The lowest BCUT2D eigenvalue weighted by molar-refractivity contribution is 0.0640. The Morgan fingerprint density at radius 1 is 1.25 bits per heavy atom. The quantitative estimate of drug-likeness (QED) is 0.867. The maximum absolute atomic E-state index is 12.6. The molecule has 0 spiro atoms. The molecule has 0 unspecified atom stereocenters. The van der Waals surface area contributed by atoms with Gasteiger partial charge in [-0.2, -0.15) is 0 Å². The van der Waals surface area contributed by atoms with Crippen LogP contribution in [0.3, 0.4) is 0 Å². The zero-order chi connectivity index (χ0) is 14.5. The third-order valence-corrected chi connectivity index (χ3v) is 4.86. The van der Waals surface area contributed by atoms with Gasteiger partial charge >= 0.3 is 0 Å². The molecule has 3 nitrogen and oxygen atoms in total. The van der Waals surface area contributed by atoms with Crippen LogP contribution < -0.4 is 5.73 Å². The molecule has 0 aromatic heterocycles. The standard InChI is InChI=1S/C16H24N2OS/c1-3-18(14-8-6-13(17)7-9-14)16(19)12-4-10-15(20-2)11-5-12/h4-5,10-11,13-14H,3,6-9,17H2,1-2H3. The van der Waals surface area contributed by atoms with E-state index in [1.807, 2.05) is 35.4 Å². The van der Waals surface area contributed by atoms with Crippen molar-refractivity contribution in [3.8, 4) is 0 Å². The van der Waals surface area contributed by atoms with Crippen molar-refractivity contribution in [1.29, 1.82) is 0 Å².